The molecule has 4 nitrogen and oxygen atoms in total. The van der Waals surface area contributed by atoms with Crippen molar-refractivity contribution in [3.63, 3.8) is 0 Å². The molecule has 94 valence electrons. The standard InChI is InChI=1S/C11H8ClNO3S2/c1-5-4-6(11(15)16)10(18-5)13-9(14)8-7(12)2-3-17-8/h2-4H,1H3,(H,13,14)(H,15,16). The Morgan fingerprint density at radius 1 is 1.44 bits per heavy atom. The van der Waals surface area contributed by atoms with Crippen LogP contribution in [0.3, 0.4) is 0 Å². The lowest BCUT2D eigenvalue weighted by Crippen LogP contribution is -2.12. The number of aromatic carboxylic acids is 1. The van der Waals surface area contributed by atoms with Crippen LogP contribution in [-0.4, -0.2) is 17.0 Å². The maximum Gasteiger partial charge on any atom is 0.338 e. The van der Waals surface area contributed by atoms with Crippen LogP contribution in [0.2, 0.25) is 5.02 Å². The average Bonchev–Trinajstić information content (AvgIpc) is 2.84. The number of rotatable bonds is 3. The minimum absolute atomic E-state index is 0.0959. The normalized spacial score (nSPS) is 10.3. The van der Waals surface area contributed by atoms with Gasteiger partial charge >= 0.3 is 5.97 Å². The largest absolute Gasteiger partial charge is 0.478 e. The summed E-state index contributed by atoms with van der Waals surface area (Å²) in [6, 6.07) is 3.15. The monoisotopic (exact) mass is 301 g/mol. The number of halogens is 1. The van der Waals surface area contributed by atoms with Crippen molar-refractivity contribution in [3.05, 3.63) is 37.9 Å². The van der Waals surface area contributed by atoms with Gasteiger partial charge in [0.1, 0.15) is 9.88 Å². The predicted octanol–water partition coefficient (Wildman–Crippen LogP) is 3.72. The third-order valence-corrected chi connectivity index (χ3v) is 4.44. The highest BCUT2D eigenvalue weighted by atomic mass is 35.5. The molecule has 0 aliphatic rings. The summed E-state index contributed by atoms with van der Waals surface area (Å²) in [5.41, 5.74) is 0.0959. The maximum atomic E-state index is 11.9. The fourth-order valence-electron chi connectivity index (χ4n) is 1.38. The maximum absolute atomic E-state index is 11.9. The second-order valence-corrected chi connectivity index (χ2v) is 6.04. The number of thiophene rings is 2. The number of anilines is 1. The minimum Gasteiger partial charge on any atom is -0.478 e. The van der Waals surface area contributed by atoms with Crippen molar-refractivity contribution in [2.24, 2.45) is 0 Å². The van der Waals surface area contributed by atoms with E-state index in [-0.39, 0.29) is 11.5 Å². The van der Waals surface area contributed by atoms with E-state index in [1.807, 2.05) is 0 Å². The molecular formula is C11H8ClNO3S2. The number of carbonyl (C=O) groups excluding carboxylic acids is 1. The highest BCUT2D eigenvalue weighted by molar-refractivity contribution is 7.17. The van der Waals surface area contributed by atoms with E-state index < -0.39 is 5.97 Å². The van der Waals surface area contributed by atoms with Crippen LogP contribution in [-0.2, 0) is 0 Å². The molecule has 1 amide bonds. The van der Waals surface area contributed by atoms with Crippen molar-refractivity contribution in [2.45, 2.75) is 6.92 Å². The molecule has 0 fully saturated rings. The topological polar surface area (TPSA) is 66.4 Å². The van der Waals surface area contributed by atoms with Crippen LogP contribution in [0.1, 0.15) is 24.9 Å². The van der Waals surface area contributed by atoms with E-state index >= 15 is 0 Å². The Morgan fingerprint density at radius 3 is 2.72 bits per heavy atom. The molecule has 2 rings (SSSR count). The van der Waals surface area contributed by atoms with Crippen molar-refractivity contribution < 1.29 is 14.7 Å². The zero-order valence-electron chi connectivity index (χ0n) is 9.19. The third-order valence-electron chi connectivity index (χ3n) is 2.14. The molecule has 0 aromatic carbocycles. The fourth-order valence-corrected chi connectivity index (χ4v) is 3.32. The van der Waals surface area contributed by atoms with Crippen molar-refractivity contribution in [2.75, 3.05) is 5.32 Å². The first-order chi connectivity index (χ1) is 8.49. The lowest BCUT2D eigenvalue weighted by atomic mass is 10.3. The Hall–Kier alpha value is -1.37. The second kappa shape index (κ2) is 5.09. The minimum atomic E-state index is -1.06. The van der Waals surface area contributed by atoms with Crippen molar-refractivity contribution in [1.82, 2.24) is 0 Å². The Balaban J connectivity index is 2.27. The molecular weight excluding hydrogens is 294 g/mol. The molecule has 0 unspecified atom stereocenters. The van der Waals surface area contributed by atoms with Gasteiger partial charge in [-0.05, 0) is 24.4 Å². The molecule has 0 atom stereocenters. The van der Waals surface area contributed by atoms with E-state index in [2.05, 4.69) is 5.32 Å². The lowest BCUT2D eigenvalue weighted by Gasteiger charge is -2.02. The number of nitrogens with one attached hydrogen (secondary N) is 1. The summed E-state index contributed by atoms with van der Waals surface area (Å²) >= 11 is 8.28. The number of amides is 1. The fraction of sp³-hybridized carbons (Fsp3) is 0.0909. The van der Waals surface area contributed by atoms with Gasteiger partial charge in [-0.1, -0.05) is 11.6 Å². The second-order valence-electron chi connectivity index (χ2n) is 3.46. The van der Waals surface area contributed by atoms with E-state index in [4.69, 9.17) is 16.7 Å². The summed E-state index contributed by atoms with van der Waals surface area (Å²) < 4.78 is 0. The quantitative estimate of drug-likeness (QED) is 0.908. The molecule has 0 aliphatic carbocycles. The summed E-state index contributed by atoms with van der Waals surface area (Å²) in [7, 11) is 0. The van der Waals surface area contributed by atoms with E-state index in [0.29, 0.717) is 14.9 Å². The van der Waals surface area contributed by atoms with Gasteiger partial charge in [0.25, 0.3) is 5.91 Å². The first-order valence-corrected chi connectivity index (χ1v) is 6.94. The Kier molecular flexibility index (Phi) is 3.70. The van der Waals surface area contributed by atoms with Gasteiger partial charge in [-0.2, -0.15) is 0 Å². The molecule has 0 aliphatic heterocycles. The van der Waals surface area contributed by atoms with Gasteiger partial charge < -0.3 is 10.4 Å². The van der Waals surface area contributed by atoms with Gasteiger partial charge in [0.05, 0.1) is 10.6 Å². The van der Waals surface area contributed by atoms with Crippen LogP contribution < -0.4 is 5.32 Å². The molecule has 0 saturated heterocycles. The van der Waals surface area contributed by atoms with Gasteiger partial charge in [0.15, 0.2) is 0 Å². The van der Waals surface area contributed by atoms with Gasteiger partial charge in [-0.15, -0.1) is 22.7 Å². The number of hydrogen-bond acceptors (Lipinski definition) is 4. The number of carboxylic acid groups (broad SMARTS) is 1. The Bertz CT molecular complexity index is 618. The first-order valence-electron chi connectivity index (χ1n) is 4.87. The molecule has 0 saturated carbocycles. The van der Waals surface area contributed by atoms with Crippen LogP contribution in [0.5, 0.6) is 0 Å². The van der Waals surface area contributed by atoms with Gasteiger partial charge in [0.2, 0.25) is 0 Å². The van der Waals surface area contributed by atoms with Crippen molar-refractivity contribution in [1.29, 1.82) is 0 Å². The lowest BCUT2D eigenvalue weighted by molar-refractivity contribution is 0.0698. The summed E-state index contributed by atoms with van der Waals surface area (Å²) in [5, 5.41) is 14.0. The zero-order valence-corrected chi connectivity index (χ0v) is 11.6. The molecule has 2 aromatic heterocycles. The number of carboxylic acids is 1. The van der Waals surface area contributed by atoms with Crippen LogP contribution >= 0.6 is 34.3 Å². The van der Waals surface area contributed by atoms with Crippen LogP contribution in [0.4, 0.5) is 5.00 Å². The molecule has 2 heterocycles. The molecule has 7 heteroatoms. The van der Waals surface area contributed by atoms with Crippen molar-refractivity contribution >= 4 is 51.2 Å². The summed E-state index contributed by atoms with van der Waals surface area (Å²) in [6.07, 6.45) is 0. The summed E-state index contributed by atoms with van der Waals surface area (Å²) in [4.78, 5) is 24.1. The molecule has 2 N–H and O–H groups in total. The van der Waals surface area contributed by atoms with Gasteiger partial charge in [-0.3, -0.25) is 4.79 Å². The summed E-state index contributed by atoms with van der Waals surface area (Å²) in [6.45, 7) is 1.78. The van der Waals surface area contributed by atoms with Crippen LogP contribution in [0, 0.1) is 6.92 Å². The first kappa shape index (κ1) is 13.1. The van der Waals surface area contributed by atoms with E-state index in [0.717, 1.165) is 4.88 Å². The number of hydrogen-bond donors (Lipinski definition) is 2. The van der Waals surface area contributed by atoms with E-state index in [9.17, 15) is 9.59 Å². The molecule has 0 spiro atoms. The van der Waals surface area contributed by atoms with Gasteiger partial charge in [-0.25, -0.2) is 4.79 Å². The predicted molar refractivity (Wildman–Crippen MR) is 73.3 cm³/mol. The Labute approximate surface area is 116 Å². The summed E-state index contributed by atoms with van der Waals surface area (Å²) in [5.74, 6) is -1.45. The number of carbonyl (C=O) groups is 2. The van der Waals surface area contributed by atoms with Crippen molar-refractivity contribution in [3.8, 4) is 0 Å². The zero-order chi connectivity index (χ0) is 13.3. The van der Waals surface area contributed by atoms with Crippen LogP contribution in [0.25, 0.3) is 0 Å². The smallest absolute Gasteiger partial charge is 0.338 e. The molecule has 2 aromatic rings. The number of aryl methyl sites for hydroxylation is 1. The highest BCUT2D eigenvalue weighted by Crippen LogP contribution is 2.29. The van der Waals surface area contributed by atoms with Crippen LogP contribution in [0.15, 0.2) is 17.5 Å². The third kappa shape index (κ3) is 2.55. The SMILES string of the molecule is Cc1cc(C(=O)O)c(NC(=O)c2sccc2Cl)s1. The molecule has 0 radical (unpaired) electrons. The van der Waals surface area contributed by atoms with E-state index in [1.165, 1.54) is 28.7 Å². The molecule has 0 bridgehead atoms. The molecule has 18 heavy (non-hydrogen) atoms. The Morgan fingerprint density at radius 2 is 2.17 bits per heavy atom. The van der Waals surface area contributed by atoms with Gasteiger partial charge in [0, 0.05) is 4.88 Å². The van der Waals surface area contributed by atoms with E-state index in [1.54, 1.807) is 18.4 Å². The highest BCUT2D eigenvalue weighted by Gasteiger charge is 2.18. The average molecular weight is 302 g/mol.